The van der Waals surface area contributed by atoms with Gasteiger partial charge in [0.2, 0.25) is 0 Å². The number of imidazole rings is 1. The van der Waals surface area contributed by atoms with E-state index in [1.807, 2.05) is 53.9 Å². The van der Waals surface area contributed by atoms with Crippen molar-refractivity contribution >= 4 is 17.2 Å². The van der Waals surface area contributed by atoms with E-state index < -0.39 is 0 Å². The fourth-order valence-electron chi connectivity index (χ4n) is 2.00. The average Bonchev–Trinajstić information content (AvgIpc) is 2.83. The van der Waals surface area contributed by atoms with E-state index in [4.69, 9.17) is 16.3 Å². The van der Waals surface area contributed by atoms with Crippen molar-refractivity contribution in [1.82, 2.24) is 9.38 Å². The monoisotopic (exact) mass is 272 g/mol. The van der Waals surface area contributed by atoms with Gasteiger partial charge in [0.05, 0.1) is 16.9 Å². The van der Waals surface area contributed by atoms with Crippen LogP contribution in [0.1, 0.15) is 11.3 Å². The molecule has 2 aromatic heterocycles. The molecule has 19 heavy (non-hydrogen) atoms. The molecule has 0 N–H and O–H groups in total. The zero-order chi connectivity index (χ0) is 13.2. The number of para-hydroxylation sites is 1. The lowest BCUT2D eigenvalue weighted by Crippen LogP contribution is -2.00. The number of aryl methyl sites for hydroxylation is 1. The second kappa shape index (κ2) is 4.94. The first kappa shape index (κ1) is 12.1. The Balaban J connectivity index is 1.87. The van der Waals surface area contributed by atoms with E-state index in [1.54, 1.807) is 6.20 Å². The molecule has 96 valence electrons. The maximum atomic E-state index is 6.09. The molecule has 1 aromatic carbocycles. The van der Waals surface area contributed by atoms with Crippen LogP contribution >= 0.6 is 11.6 Å². The van der Waals surface area contributed by atoms with Gasteiger partial charge in [0, 0.05) is 6.20 Å². The summed E-state index contributed by atoms with van der Waals surface area (Å²) in [4.78, 5) is 4.30. The molecule has 0 amide bonds. The summed E-state index contributed by atoms with van der Waals surface area (Å²) >= 11 is 6.09. The standard InChI is InChI=1S/C15H13ClN2O/c1-11-5-2-3-7-14(11)19-10-12-9-17-15-13(16)6-4-8-18(12)15/h2-9H,10H2,1H3. The van der Waals surface area contributed by atoms with Gasteiger partial charge in [-0.2, -0.15) is 0 Å². The van der Waals surface area contributed by atoms with Gasteiger partial charge in [0.1, 0.15) is 12.4 Å². The number of hydrogen-bond donors (Lipinski definition) is 0. The van der Waals surface area contributed by atoms with E-state index in [2.05, 4.69) is 4.98 Å². The molecule has 0 saturated carbocycles. The van der Waals surface area contributed by atoms with Crippen molar-refractivity contribution in [3.05, 3.63) is 65.1 Å². The minimum Gasteiger partial charge on any atom is -0.487 e. The Labute approximate surface area is 116 Å². The van der Waals surface area contributed by atoms with Crippen molar-refractivity contribution in [3.63, 3.8) is 0 Å². The largest absolute Gasteiger partial charge is 0.487 e. The Bertz CT molecular complexity index is 721. The minimum absolute atomic E-state index is 0.465. The summed E-state index contributed by atoms with van der Waals surface area (Å²) in [5, 5.41) is 0.643. The number of ether oxygens (including phenoxy) is 1. The molecule has 0 fully saturated rings. The van der Waals surface area contributed by atoms with Gasteiger partial charge < -0.3 is 4.74 Å². The SMILES string of the molecule is Cc1ccccc1OCc1cnc2c(Cl)cccn12. The number of halogens is 1. The molecule has 2 heterocycles. The fraction of sp³-hybridized carbons (Fsp3) is 0.133. The van der Waals surface area contributed by atoms with Gasteiger partial charge in [-0.25, -0.2) is 4.98 Å². The molecule has 0 aliphatic rings. The highest BCUT2D eigenvalue weighted by Gasteiger charge is 2.07. The zero-order valence-corrected chi connectivity index (χ0v) is 11.3. The van der Waals surface area contributed by atoms with Crippen molar-refractivity contribution < 1.29 is 4.74 Å². The molecule has 0 bridgehead atoms. The smallest absolute Gasteiger partial charge is 0.155 e. The van der Waals surface area contributed by atoms with Crippen molar-refractivity contribution in [2.75, 3.05) is 0 Å². The summed E-state index contributed by atoms with van der Waals surface area (Å²) < 4.78 is 7.77. The Morgan fingerprint density at radius 3 is 2.89 bits per heavy atom. The molecule has 3 rings (SSSR count). The highest BCUT2D eigenvalue weighted by molar-refractivity contribution is 6.33. The molecular weight excluding hydrogens is 260 g/mol. The van der Waals surface area contributed by atoms with E-state index in [1.165, 1.54) is 0 Å². The van der Waals surface area contributed by atoms with Crippen LogP contribution in [0.4, 0.5) is 0 Å². The fourth-order valence-corrected chi connectivity index (χ4v) is 2.22. The van der Waals surface area contributed by atoms with Crippen molar-refractivity contribution in [3.8, 4) is 5.75 Å². The number of hydrogen-bond acceptors (Lipinski definition) is 2. The molecule has 0 aliphatic heterocycles. The summed E-state index contributed by atoms with van der Waals surface area (Å²) in [7, 11) is 0. The van der Waals surface area contributed by atoms with Crippen LogP contribution in [0.15, 0.2) is 48.8 Å². The van der Waals surface area contributed by atoms with Crippen LogP contribution in [0.3, 0.4) is 0 Å². The first-order valence-electron chi connectivity index (χ1n) is 6.04. The summed E-state index contributed by atoms with van der Waals surface area (Å²) in [6, 6.07) is 11.7. The predicted molar refractivity (Wildman–Crippen MR) is 75.7 cm³/mol. The number of rotatable bonds is 3. The molecule has 0 radical (unpaired) electrons. The maximum Gasteiger partial charge on any atom is 0.155 e. The number of fused-ring (bicyclic) bond motifs is 1. The number of benzene rings is 1. The summed E-state index contributed by atoms with van der Waals surface area (Å²) in [5.41, 5.74) is 2.85. The van der Waals surface area contributed by atoms with E-state index in [0.29, 0.717) is 11.6 Å². The molecule has 0 spiro atoms. The quantitative estimate of drug-likeness (QED) is 0.723. The zero-order valence-electron chi connectivity index (χ0n) is 10.5. The molecule has 0 atom stereocenters. The lowest BCUT2D eigenvalue weighted by atomic mass is 10.2. The Hall–Kier alpha value is -2.00. The molecule has 0 aliphatic carbocycles. The van der Waals surface area contributed by atoms with Gasteiger partial charge in [0.25, 0.3) is 0 Å². The Kier molecular flexibility index (Phi) is 3.13. The normalized spacial score (nSPS) is 10.8. The summed E-state index contributed by atoms with van der Waals surface area (Å²) in [6.07, 6.45) is 3.73. The van der Waals surface area contributed by atoms with Crippen molar-refractivity contribution in [1.29, 1.82) is 0 Å². The molecule has 3 aromatic rings. The van der Waals surface area contributed by atoms with Crippen molar-refractivity contribution in [2.45, 2.75) is 13.5 Å². The number of nitrogens with zero attached hydrogens (tertiary/aromatic N) is 2. The van der Waals surface area contributed by atoms with Gasteiger partial charge in [-0.3, -0.25) is 4.40 Å². The Morgan fingerprint density at radius 2 is 2.05 bits per heavy atom. The van der Waals surface area contributed by atoms with Crippen LogP contribution in [0.2, 0.25) is 5.02 Å². The molecule has 3 nitrogen and oxygen atoms in total. The lowest BCUT2D eigenvalue weighted by molar-refractivity contribution is 0.298. The molecule has 0 unspecified atom stereocenters. The van der Waals surface area contributed by atoms with E-state index in [9.17, 15) is 0 Å². The number of pyridine rings is 1. The van der Waals surface area contributed by atoms with Crippen LogP contribution in [0.5, 0.6) is 5.75 Å². The second-order valence-electron chi connectivity index (χ2n) is 4.35. The average molecular weight is 273 g/mol. The second-order valence-corrected chi connectivity index (χ2v) is 4.76. The van der Waals surface area contributed by atoms with Crippen LogP contribution in [-0.2, 0) is 6.61 Å². The first-order valence-corrected chi connectivity index (χ1v) is 6.42. The highest BCUT2D eigenvalue weighted by Crippen LogP contribution is 2.20. The molecule has 4 heteroatoms. The van der Waals surface area contributed by atoms with Crippen molar-refractivity contribution in [2.24, 2.45) is 0 Å². The number of aromatic nitrogens is 2. The molecule has 0 saturated heterocycles. The van der Waals surface area contributed by atoms with Gasteiger partial charge in [-0.05, 0) is 30.7 Å². The highest BCUT2D eigenvalue weighted by atomic mass is 35.5. The van der Waals surface area contributed by atoms with Crippen LogP contribution in [0.25, 0.3) is 5.65 Å². The third-order valence-electron chi connectivity index (χ3n) is 3.03. The third kappa shape index (κ3) is 2.29. The first-order chi connectivity index (χ1) is 9.25. The summed E-state index contributed by atoms with van der Waals surface area (Å²) in [6.45, 7) is 2.49. The third-order valence-corrected chi connectivity index (χ3v) is 3.33. The van der Waals surface area contributed by atoms with Crippen LogP contribution in [-0.4, -0.2) is 9.38 Å². The minimum atomic E-state index is 0.465. The summed E-state index contributed by atoms with van der Waals surface area (Å²) in [5.74, 6) is 0.888. The van der Waals surface area contributed by atoms with Gasteiger partial charge >= 0.3 is 0 Å². The van der Waals surface area contributed by atoms with Crippen LogP contribution in [0, 0.1) is 6.92 Å². The topological polar surface area (TPSA) is 26.5 Å². The van der Waals surface area contributed by atoms with Crippen LogP contribution < -0.4 is 4.74 Å². The van der Waals surface area contributed by atoms with E-state index >= 15 is 0 Å². The van der Waals surface area contributed by atoms with Gasteiger partial charge in [0.15, 0.2) is 5.65 Å². The lowest BCUT2D eigenvalue weighted by Gasteiger charge is -2.08. The van der Waals surface area contributed by atoms with Gasteiger partial charge in [-0.15, -0.1) is 0 Å². The van der Waals surface area contributed by atoms with Gasteiger partial charge in [-0.1, -0.05) is 29.8 Å². The maximum absolute atomic E-state index is 6.09. The van der Waals surface area contributed by atoms with E-state index in [0.717, 1.165) is 22.7 Å². The molecular formula is C15H13ClN2O. The predicted octanol–water partition coefficient (Wildman–Crippen LogP) is 3.88. The Morgan fingerprint density at radius 1 is 1.21 bits per heavy atom. The van der Waals surface area contributed by atoms with E-state index in [-0.39, 0.29) is 0 Å².